The van der Waals surface area contributed by atoms with Crippen molar-refractivity contribution in [3.8, 4) is 0 Å². The highest BCUT2D eigenvalue weighted by Gasteiger charge is 2.42. The Balaban J connectivity index is 1.55. The van der Waals surface area contributed by atoms with Crippen molar-refractivity contribution in [3.05, 3.63) is 71.9 Å². The maximum atomic E-state index is 13.2. The van der Waals surface area contributed by atoms with Crippen LogP contribution in [0, 0.1) is 0 Å². The first-order chi connectivity index (χ1) is 14.0. The number of benzene rings is 1. The second-order valence-corrected chi connectivity index (χ2v) is 7.78. The van der Waals surface area contributed by atoms with Gasteiger partial charge in [-0.05, 0) is 37.7 Å². The van der Waals surface area contributed by atoms with E-state index in [1.54, 1.807) is 12.5 Å². The lowest BCUT2D eigenvalue weighted by molar-refractivity contribution is -0.127. The first-order valence-electron chi connectivity index (χ1n) is 9.81. The number of rotatable bonds is 6. The Morgan fingerprint density at radius 3 is 2.83 bits per heavy atom. The third kappa shape index (κ3) is 4.14. The predicted molar refractivity (Wildman–Crippen MR) is 113 cm³/mol. The summed E-state index contributed by atoms with van der Waals surface area (Å²) in [6, 6.07) is 14.0. The molecule has 0 radical (unpaired) electrons. The number of hydrogen-bond acceptors (Lipinski definition) is 5. The number of nitrogens with one attached hydrogen (secondary N) is 3. The number of fused-ring (bicyclic) bond motifs is 1. The first-order valence-corrected chi connectivity index (χ1v) is 9.81. The van der Waals surface area contributed by atoms with Crippen LogP contribution in [0.3, 0.4) is 0 Å². The van der Waals surface area contributed by atoms with Crippen molar-refractivity contribution in [1.29, 1.82) is 0 Å². The van der Waals surface area contributed by atoms with E-state index in [0.29, 0.717) is 19.5 Å². The van der Waals surface area contributed by atoms with Gasteiger partial charge in [0.1, 0.15) is 11.2 Å². The fraction of sp³-hybridized carbons (Fsp3) is 0.318. The molecule has 1 unspecified atom stereocenters. The minimum Gasteiger partial charge on any atom is -0.355 e. The molecule has 4 rings (SSSR count). The molecule has 150 valence electrons. The number of carbonyl (C=O) groups is 1. The van der Waals surface area contributed by atoms with Crippen LogP contribution in [0.5, 0.6) is 0 Å². The average molecular weight is 390 g/mol. The number of para-hydroxylation sites is 1. The zero-order valence-corrected chi connectivity index (χ0v) is 16.8. The third-order valence-corrected chi connectivity index (χ3v) is 5.31. The van der Waals surface area contributed by atoms with E-state index in [1.807, 2.05) is 50.4 Å². The minimum atomic E-state index is -0.718. The van der Waals surface area contributed by atoms with Crippen LogP contribution >= 0.6 is 0 Å². The van der Waals surface area contributed by atoms with Gasteiger partial charge in [-0.2, -0.15) is 0 Å². The fourth-order valence-corrected chi connectivity index (χ4v) is 3.90. The van der Waals surface area contributed by atoms with E-state index in [2.05, 4.69) is 31.6 Å². The molecule has 1 aliphatic heterocycles. The number of amides is 1. The topological polar surface area (TPSA) is 85.9 Å². The third-order valence-electron chi connectivity index (χ3n) is 5.31. The van der Waals surface area contributed by atoms with E-state index in [-0.39, 0.29) is 5.91 Å². The molecule has 1 aromatic carbocycles. The van der Waals surface area contributed by atoms with Crippen molar-refractivity contribution >= 4 is 17.4 Å². The second kappa shape index (κ2) is 8.05. The average Bonchev–Trinajstić information content (AvgIpc) is 3.22. The quantitative estimate of drug-likeness (QED) is 0.602. The van der Waals surface area contributed by atoms with Crippen LogP contribution in [0.4, 0.5) is 11.5 Å². The van der Waals surface area contributed by atoms with Crippen molar-refractivity contribution < 1.29 is 4.79 Å². The number of aromatic nitrogens is 3. The summed E-state index contributed by atoms with van der Waals surface area (Å²) in [5.74, 6) is 0.741. The highest BCUT2D eigenvalue weighted by Crippen LogP contribution is 2.33. The normalized spacial score (nSPS) is 18.8. The summed E-state index contributed by atoms with van der Waals surface area (Å²) in [5.41, 5.74) is 3.19. The molecule has 0 aliphatic carbocycles. The molecular formula is C22H26N6O. The van der Waals surface area contributed by atoms with Gasteiger partial charge in [0.05, 0.1) is 12.0 Å². The Morgan fingerprint density at radius 2 is 2.07 bits per heavy atom. The summed E-state index contributed by atoms with van der Waals surface area (Å²) in [6.07, 6.45) is 4.14. The minimum absolute atomic E-state index is 0.00539. The maximum absolute atomic E-state index is 13.2. The fourth-order valence-electron chi connectivity index (χ4n) is 3.90. The molecule has 0 saturated heterocycles. The van der Waals surface area contributed by atoms with Crippen molar-refractivity contribution in [2.45, 2.75) is 25.3 Å². The Kier molecular flexibility index (Phi) is 5.31. The number of hydrogen-bond donors (Lipinski definition) is 3. The molecule has 1 aliphatic rings. The van der Waals surface area contributed by atoms with E-state index in [0.717, 1.165) is 35.0 Å². The number of anilines is 2. The Morgan fingerprint density at radius 1 is 1.24 bits per heavy atom. The molecule has 7 heteroatoms. The SMILES string of the molecule is CN1Cc2ccc(Nc3ccccc3)nc2C(C)(C(=O)NCCc2cnc[nH]2)C1. The molecular weight excluding hydrogens is 364 g/mol. The molecule has 1 atom stereocenters. The van der Waals surface area contributed by atoms with Gasteiger partial charge >= 0.3 is 0 Å². The lowest BCUT2D eigenvalue weighted by Crippen LogP contribution is -2.53. The van der Waals surface area contributed by atoms with E-state index < -0.39 is 5.41 Å². The molecule has 0 spiro atoms. The monoisotopic (exact) mass is 390 g/mol. The molecule has 3 N–H and O–H groups in total. The molecule has 0 bridgehead atoms. The summed E-state index contributed by atoms with van der Waals surface area (Å²) in [5, 5.41) is 6.42. The number of H-pyrrole nitrogens is 1. The molecule has 0 fully saturated rings. The zero-order valence-electron chi connectivity index (χ0n) is 16.8. The summed E-state index contributed by atoms with van der Waals surface area (Å²) >= 11 is 0. The van der Waals surface area contributed by atoms with Crippen LogP contribution in [0.15, 0.2) is 55.0 Å². The lowest BCUT2D eigenvalue weighted by atomic mass is 9.79. The Bertz CT molecular complexity index is 972. The molecule has 1 amide bonds. The van der Waals surface area contributed by atoms with E-state index in [4.69, 9.17) is 4.98 Å². The number of carbonyl (C=O) groups excluding carboxylic acids is 1. The molecule has 3 aromatic rings. The standard InChI is InChI=1S/C22H26N6O/c1-22(21(29)24-11-10-18-12-23-15-25-18)14-28(2)13-16-8-9-19(27-20(16)22)26-17-6-4-3-5-7-17/h3-9,12,15H,10-11,13-14H2,1-2H3,(H,23,25)(H,24,29)(H,26,27). The Labute approximate surface area is 170 Å². The van der Waals surface area contributed by atoms with Crippen molar-refractivity contribution in [2.24, 2.45) is 0 Å². The largest absolute Gasteiger partial charge is 0.355 e. The van der Waals surface area contributed by atoms with Crippen LogP contribution in [-0.2, 0) is 23.2 Å². The first kappa shape index (κ1) is 19.1. The molecule has 29 heavy (non-hydrogen) atoms. The van der Waals surface area contributed by atoms with Gasteiger partial charge in [0.2, 0.25) is 5.91 Å². The van der Waals surface area contributed by atoms with Crippen LogP contribution in [0.25, 0.3) is 0 Å². The van der Waals surface area contributed by atoms with Crippen molar-refractivity contribution in [1.82, 2.24) is 25.2 Å². The molecule has 3 heterocycles. The maximum Gasteiger partial charge on any atom is 0.233 e. The lowest BCUT2D eigenvalue weighted by Gasteiger charge is -2.38. The number of aromatic amines is 1. The Hall–Kier alpha value is -3.19. The van der Waals surface area contributed by atoms with Gasteiger partial charge in [0.15, 0.2) is 0 Å². The van der Waals surface area contributed by atoms with Gasteiger partial charge < -0.3 is 20.5 Å². The number of pyridine rings is 1. The van der Waals surface area contributed by atoms with E-state index in [1.165, 1.54) is 0 Å². The molecule has 0 saturated carbocycles. The molecule has 7 nitrogen and oxygen atoms in total. The predicted octanol–water partition coefficient (Wildman–Crippen LogP) is 2.61. The van der Waals surface area contributed by atoms with E-state index in [9.17, 15) is 4.79 Å². The zero-order chi connectivity index (χ0) is 20.3. The van der Waals surface area contributed by atoms with Crippen molar-refractivity contribution in [3.63, 3.8) is 0 Å². The van der Waals surface area contributed by atoms with Gasteiger partial charge in [0.25, 0.3) is 0 Å². The van der Waals surface area contributed by atoms with Gasteiger partial charge in [0, 0.05) is 43.6 Å². The van der Waals surface area contributed by atoms with E-state index >= 15 is 0 Å². The van der Waals surface area contributed by atoms with Crippen LogP contribution < -0.4 is 10.6 Å². The summed E-state index contributed by atoms with van der Waals surface area (Å²) in [7, 11) is 2.04. The van der Waals surface area contributed by atoms with Gasteiger partial charge in [-0.25, -0.2) is 9.97 Å². The number of nitrogens with zero attached hydrogens (tertiary/aromatic N) is 3. The molecule has 2 aromatic heterocycles. The van der Waals surface area contributed by atoms with Crippen LogP contribution in [0.2, 0.25) is 0 Å². The second-order valence-electron chi connectivity index (χ2n) is 7.78. The highest BCUT2D eigenvalue weighted by atomic mass is 16.2. The van der Waals surface area contributed by atoms with Gasteiger partial charge in [-0.15, -0.1) is 0 Å². The summed E-state index contributed by atoms with van der Waals surface area (Å²) in [6.45, 7) is 3.94. The summed E-state index contributed by atoms with van der Waals surface area (Å²) < 4.78 is 0. The number of likely N-dealkylation sites (N-methyl/N-ethyl adjacent to an activating group) is 1. The number of imidazole rings is 1. The smallest absolute Gasteiger partial charge is 0.233 e. The van der Waals surface area contributed by atoms with Crippen LogP contribution in [0.1, 0.15) is 23.9 Å². The van der Waals surface area contributed by atoms with Crippen LogP contribution in [-0.4, -0.2) is 45.9 Å². The highest BCUT2D eigenvalue weighted by molar-refractivity contribution is 5.88. The van der Waals surface area contributed by atoms with Crippen molar-refractivity contribution in [2.75, 3.05) is 25.5 Å². The summed E-state index contributed by atoms with van der Waals surface area (Å²) in [4.78, 5) is 27.3. The van der Waals surface area contributed by atoms with Gasteiger partial charge in [-0.1, -0.05) is 24.3 Å². The van der Waals surface area contributed by atoms with Gasteiger partial charge in [-0.3, -0.25) is 4.79 Å².